The van der Waals surface area contributed by atoms with E-state index in [0.29, 0.717) is 18.4 Å². The van der Waals surface area contributed by atoms with E-state index in [2.05, 4.69) is 37.2 Å². The number of imidazole rings is 1. The quantitative estimate of drug-likeness (QED) is 0.887. The molecule has 1 heterocycles. The lowest BCUT2D eigenvalue weighted by atomic mass is 10.0. The minimum absolute atomic E-state index is 0.446. The van der Waals surface area contributed by atoms with E-state index in [4.69, 9.17) is 0 Å². The molecule has 3 nitrogen and oxygen atoms in total. The van der Waals surface area contributed by atoms with Gasteiger partial charge in [-0.2, -0.15) is 0 Å². The molecular weight excluding hydrogens is 224 g/mol. The second-order valence-corrected chi connectivity index (χ2v) is 5.68. The molecular formula is C15H28N2O. The maximum Gasteiger partial charge on any atom is 0.0952 e. The zero-order valence-corrected chi connectivity index (χ0v) is 12.7. The second kappa shape index (κ2) is 5.87. The Hall–Kier alpha value is -0.830. The van der Waals surface area contributed by atoms with Crippen LogP contribution in [0.2, 0.25) is 0 Å². The van der Waals surface area contributed by atoms with Crippen LogP contribution in [0.4, 0.5) is 0 Å². The van der Waals surface area contributed by atoms with Gasteiger partial charge in [0, 0.05) is 5.69 Å². The van der Waals surface area contributed by atoms with Crippen LogP contribution in [0.5, 0.6) is 0 Å². The Balaban J connectivity index is 0.000000771. The first-order chi connectivity index (χ1) is 8.43. The summed E-state index contributed by atoms with van der Waals surface area (Å²) >= 11 is 0. The third-order valence-electron chi connectivity index (χ3n) is 3.29. The Bertz CT molecular complexity index is 376. The van der Waals surface area contributed by atoms with Crippen LogP contribution in [0.25, 0.3) is 0 Å². The SMILES string of the molecule is CC.CC(C)c1ncn(CC2(O)CC2)c1C(C)C. The van der Waals surface area contributed by atoms with Crippen LogP contribution in [0.15, 0.2) is 6.33 Å². The average Bonchev–Trinajstić information content (AvgIpc) is 2.88. The lowest BCUT2D eigenvalue weighted by Crippen LogP contribution is -2.19. The molecule has 0 aromatic carbocycles. The monoisotopic (exact) mass is 252 g/mol. The predicted octanol–water partition coefficient (Wildman–Crippen LogP) is 3.68. The first-order valence-electron chi connectivity index (χ1n) is 7.20. The average molecular weight is 252 g/mol. The predicted molar refractivity (Wildman–Crippen MR) is 75.9 cm³/mol. The summed E-state index contributed by atoms with van der Waals surface area (Å²) in [4.78, 5) is 4.50. The molecule has 1 fully saturated rings. The van der Waals surface area contributed by atoms with E-state index in [1.54, 1.807) is 0 Å². The van der Waals surface area contributed by atoms with Gasteiger partial charge in [0.1, 0.15) is 0 Å². The van der Waals surface area contributed by atoms with Crippen molar-refractivity contribution >= 4 is 0 Å². The highest BCUT2D eigenvalue weighted by Crippen LogP contribution is 2.38. The molecule has 18 heavy (non-hydrogen) atoms. The summed E-state index contributed by atoms with van der Waals surface area (Å²) in [6.07, 6.45) is 3.75. The second-order valence-electron chi connectivity index (χ2n) is 5.68. The van der Waals surface area contributed by atoms with Gasteiger partial charge >= 0.3 is 0 Å². The number of aliphatic hydroxyl groups is 1. The molecule has 0 aliphatic heterocycles. The van der Waals surface area contributed by atoms with Gasteiger partial charge < -0.3 is 9.67 Å². The van der Waals surface area contributed by atoms with E-state index in [9.17, 15) is 5.11 Å². The van der Waals surface area contributed by atoms with Crippen LogP contribution < -0.4 is 0 Å². The molecule has 0 unspecified atom stereocenters. The zero-order valence-electron chi connectivity index (χ0n) is 12.7. The van der Waals surface area contributed by atoms with Gasteiger partial charge in [-0.1, -0.05) is 41.5 Å². The molecule has 3 heteroatoms. The largest absolute Gasteiger partial charge is 0.388 e. The molecule has 0 bridgehead atoms. The summed E-state index contributed by atoms with van der Waals surface area (Å²) in [5.74, 6) is 0.912. The number of hydrogen-bond acceptors (Lipinski definition) is 2. The fourth-order valence-electron chi connectivity index (χ4n) is 2.23. The van der Waals surface area contributed by atoms with Crippen LogP contribution >= 0.6 is 0 Å². The standard InChI is InChI=1S/C13H22N2O.C2H6/c1-9(2)11-12(10(3)4)15(8-14-11)7-13(16)5-6-13;1-2/h8-10,16H,5-7H2,1-4H3;1-2H3. The first kappa shape index (κ1) is 15.2. The van der Waals surface area contributed by atoms with Crippen molar-refractivity contribution in [1.82, 2.24) is 9.55 Å². The third-order valence-corrected chi connectivity index (χ3v) is 3.29. The summed E-state index contributed by atoms with van der Waals surface area (Å²) < 4.78 is 2.15. The lowest BCUT2D eigenvalue weighted by molar-refractivity contribution is 0.128. The molecule has 0 radical (unpaired) electrons. The molecule has 1 N–H and O–H groups in total. The van der Waals surface area contributed by atoms with Crippen molar-refractivity contribution in [2.75, 3.05) is 0 Å². The van der Waals surface area contributed by atoms with Crippen LogP contribution in [0, 0.1) is 0 Å². The minimum atomic E-state index is -0.446. The van der Waals surface area contributed by atoms with Gasteiger partial charge in [0.05, 0.1) is 24.2 Å². The normalized spacial score (nSPS) is 16.7. The molecule has 0 amide bonds. The Kier molecular flexibility index (Phi) is 4.97. The van der Waals surface area contributed by atoms with Gasteiger partial charge in [0.2, 0.25) is 0 Å². The van der Waals surface area contributed by atoms with E-state index in [1.165, 1.54) is 11.4 Å². The van der Waals surface area contributed by atoms with Gasteiger partial charge in [0.25, 0.3) is 0 Å². The van der Waals surface area contributed by atoms with Crippen molar-refractivity contribution in [3.8, 4) is 0 Å². The van der Waals surface area contributed by atoms with Gasteiger partial charge in [-0.15, -0.1) is 0 Å². The fraction of sp³-hybridized carbons (Fsp3) is 0.800. The molecule has 1 aromatic heterocycles. The van der Waals surface area contributed by atoms with Crippen molar-refractivity contribution in [3.63, 3.8) is 0 Å². The number of rotatable bonds is 4. The van der Waals surface area contributed by atoms with Crippen LogP contribution in [-0.2, 0) is 6.54 Å². The minimum Gasteiger partial charge on any atom is -0.388 e. The summed E-state index contributed by atoms with van der Waals surface area (Å²) in [6.45, 7) is 13.4. The maximum absolute atomic E-state index is 9.99. The first-order valence-corrected chi connectivity index (χ1v) is 7.20. The fourth-order valence-corrected chi connectivity index (χ4v) is 2.23. The van der Waals surface area contributed by atoms with Crippen LogP contribution in [-0.4, -0.2) is 20.3 Å². The molecule has 1 aliphatic carbocycles. The number of nitrogens with zero attached hydrogens (tertiary/aromatic N) is 2. The molecule has 1 saturated carbocycles. The molecule has 104 valence electrons. The van der Waals surface area contributed by atoms with E-state index in [0.717, 1.165) is 12.8 Å². The highest BCUT2D eigenvalue weighted by Gasteiger charge is 2.41. The van der Waals surface area contributed by atoms with Crippen LogP contribution in [0.3, 0.4) is 0 Å². The number of hydrogen-bond donors (Lipinski definition) is 1. The van der Waals surface area contributed by atoms with Gasteiger partial charge in [-0.05, 0) is 24.7 Å². The van der Waals surface area contributed by atoms with Crippen molar-refractivity contribution in [1.29, 1.82) is 0 Å². The molecule has 1 aromatic rings. The summed E-state index contributed by atoms with van der Waals surface area (Å²) in [7, 11) is 0. The molecule has 1 aliphatic rings. The molecule has 0 atom stereocenters. The van der Waals surface area contributed by atoms with E-state index >= 15 is 0 Å². The zero-order chi connectivity index (χ0) is 13.9. The van der Waals surface area contributed by atoms with E-state index in [1.807, 2.05) is 20.2 Å². The summed E-state index contributed by atoms with van der Waals surface area (Å²) in [5, 5.41) is 9.99. The van der Waals surface area contributed by atoms with E-state index < -0.39 is 5.60 Å². The Morgan fingerprint density at radius 2 is 1.78 bits per heavy atom. The third kappa shape index (κ3) is 3.35. The highest BCUT2D eigenvalue weighted by molar-refractivity contribution is 5.21. The topological polar surface area (TPSA) is 38.0 Å². The summed E-state index contributed by atoms with van der Waals surface area (Å²) in [5.41, 5.74) is 2.02. The Morgan fingerprint density at radius 1 is 1.22 bits per heavy atom. The smallest absolute Gasteiger partial charge is 0.0952 e. The van der Waals surface area contributed by atoms with Crippen molar-refractivity contribution < 1.29 is 5.11 Å². The maximum atomic E-state index is 9.99. The lowest BCUT2D eigenvalue weighted by Gasteiger charge is -2.16. The molecule has 2 rings (SSSR count). The molecule has 0 saturated heterocycles. The van der Waals surface area contributed by atoms with Gasteiger partial charge in [-0.3, -0.25) is 0 Å². The summed E-state index contributed by atoms with van der Waals surface area (Å²) in [6, 6.07) is 0. The van der Waals surface area contributed by atoms with Crippen molar-refractivity contribution in [3.05, 3.63) is 17.7 Å². The van der Waals surface area contributed by atoms with Crippen LogP contribution in [0.1, 0.15) is 77.6 Å². The van der Waals surface area contributed by atoms with Gasteiger partial charge in [0.15, 0.2) is 0 Å². The number of aromatic nitrogens is 2. The van der Waals surface area contributed by atoms with Crippen molar-refractivity contribution in [2.24, 2.45) is 0 Å². The van der Waals surface area contributed by atoms with E-state index in [-0.39, 0.29) is 0 Å². The Morgan fingerprint density at radius 3 is 2.17 bits per heavy atom. The van der Waals surface area contributed by atoms with Gasteiger partial charge in [-0.25, -0.2) is 4.98 Å². The van der Waals surface area contributed by atoms with Crippen molar-refractivity contribution in [2.45, 2.75) is 78.4 Å². The molecule has 0 spiro atoms. The Labute approximate surface area is 111 Å². The highest BCUT2D eigenvalue weighted by atomic mass is 16.3.